The maximum atomic E-state index is 10.8. The molecule has 0 amide bonds. The van der Waals surface area contributed by atoms with Crippen LogP contribution in [0, 0.1) is 23.0 Å². The second-order valence-electron chi connectivity index (χ2n) is 4.25. The molecule has 1 aromatic heterocycles. The predicted molar refractivity (Wildman–Crippen MR) is 73.3 cm³/mol. The van der Waals surface area contributed by atoms with E-state index in [2.05, 4.69) is 27.8 Å². The molecule has 0 saturated carbocycles. The van der Waals surface area contributed by atoms with Crippen LogP contribution in [0.3, 0.4) is 0 Å². The minimum Gasteiger partial charge on any atom is -0.486 e. The molecule has 1 atom stereocenters. The van der Waals surface area contributed by atoms with Crippen molar-refractivity contribution in [3.05, 3.63) is 27.9 Å². The number of aryl methyl sites for hydroxylation is 1. The van der Waals surface area contributed by atoms with E-state index in [9.17, 15) is 10.1 Å². The number of rotatable bonds is 7. The van der Waals surface area contributed by atoms with E-state index in [1.54, 1.807) is 19.1 Å². The third kappa shape index (κ3) is 4.60. The molecule has 0 fully saturated rings. The molecule has 0 aliphatic heterocycles. The Labute approximate surface area is 115 Å². The SMILES string of the molecule is Cc1ccc(OCCC(C)CCBr)c([N+](=O)[O-])n1. The molecule has 1 heterocycles. The van der Waals surface area contributed by atoms with Crippen LogP contribution in [0.2, 0.25) is 0 Å². The standard InChI is InChI=1S/C12H17BrN2O3/c1-9(5-7-13)6-8-18-11-4-3-10(2)14-12(11)15(16)17/h3-4,9H,5-8H2,1-2H3. The van der Waals surface area contributed by atoms with Gasteiger partial charge in [0.15, 0.2) is 0 Å². The Balaban J connectivity index is 2.59. The summed E-state index contributed by atoms with van der Waals surface area (Å²) in [5, 5.41) is 11.8. The highest BCUT2D eigenvalue weighted by atomic mass is 79.9. The lowest BCUT2D eigenvalue weighted by molar-refractivity contribution is -0.390. The van der Waals surface area contributed by atoms with Crippen molar-refractivity contribution in [1.29, 1.82) is 0 Å². The summed E-state index contributed by atoms with van der Waals surface area (Å²) in [7, 11) is 0. The summed E-state index contributed by atoms with van der Waals surface area (Å²) in [4.78, 5) is 14.2. The zero-order valence-electron chi connectivity index (χ0n) is 10.6. The van der Waals surface area contributed by atoms with Crippen LogP contribution >= 0.6 is 15.9 Å². The average Bonchev–Trinajstić information content (AvgIpc) is 2.31. The fraction of sp³-hybridized carbons (Fsp3) is 0.583. The van der Waals surface area contributed by atoms with Crippen molar-refractivity contribution in [2.24, 2.45) is 5.92 Å². The Kier molecular flexibility index (Phi) is 6.04. The van der Waals surface area contributed by atoms with Crippen molar-refractivity contribution in [2.75, 3.05) is 11.9 Å². The quantitative estimate of drug-likeness (QED) is 0.439. The van der Waals surface area contributed by atoms with Crippen LogP contribution in [0.1, 0.15) is 25.5 Å². The molecule has 18 heavy (non-hydrogen) atoms. The Morgan fingerprint density at radius 3 is 2.83 bits per heavy atom. The minimum atomic E-state index is -0.510. The normalized spacial score (nSPS) is 12.2. The van der Waals surface area contributed by atoms with Crippen LogP contribution in [0.4, 0.5) is 5.82 Å². The highest BCUT2D eigenvalue weighted by Crippen LogP contribution is 2.24. The Morgan fingerprint density at radius 2 is 2.22 bits per heavy atom. The van der Waals surface area contributed by atoms with E-state index in [0.29, 0.717) is 18.2 Å². The van der Waals surface area contributed by atoms with Gasteiger partial charge in [-0.15, -0.1) is 0 Å². The number of nitrogens with zero attached hydrogens (tertiary/aromatic N) is 2. The van der Waals surface area contributed by atoms with E-state index >= 15 is 0 Å². The van der Waals surface area contributed by atoms with E-state index in [1.807, 2.05) is 0 Å². The lowest BCUT2D eigenvalue weighted by atomic mass is 10.1. The molecule has 0 spiro atoms. The predicted octanol–water partition coefficient (Wildman–Crippen LogP) is 3.49. The van der Waals surface area contributed by atoms with Crippen LogP contribution in [-0.2, 0) is 0 Å². The van der Waals surface area contributed by atoms with Crippen LogP contribution in [0.15, 0.2) is 12.1 Å². The van der Waals surface area contributed by atoms with Crippen molar-refractivity contribution in [1.82, 2.24) is 4.98 Å². The van der Waals surface area contributed by atoms with Crippen LogP contribution in [0.5, 0.6) is 5.75 Å². The average molecular weight is 317 g/mol. The van der Waals surface area contributed by atoms with Crippen molar-refractivity contribution >= 4 is 21.7 Å². The number of pyridine rings is 1. The molecule has 0 aliphatic carbocycles. The Hall–Kier alpha value is -1.17. The minimum absolute atomic E-state index is 0.205. The van der Waals surface area contributed by atoms with Gasteiger partial charge in [-0.3, -0.25) is 0 Å². The third-order valence-electron chi connectivity index (χ3n) is 2.62. The van der Waals surface area contributed by atoms with Gasteiger partial charge in [-0.05, 0) is 40.8 Å². The highest BCUT2D eigenvalue weighted by Gasteiger charge is 2.17. The summed E-state index contributed by atoms with van der Waals surface area (Å²) in [6.45, 7) is 4.32. The van der Waals surface area contributed by atoms with Gasteiger partial charge in [0.2, 0.25) is 5.75 Å². The second-order valence-corrected chi connectivity index (χ2v) is 5.04. The monoisotopic (exact) mass is 316 g/mol. The molecule has 0 saturated heterocycles. The second kappa shape index (κ2) is 7.31. The van der Waals surface area contributed by atoms with E-state index in [-0.39, 0.29) is 11.6 Å². The molecule has 0 N–H and O–H groups in total. The summed E-state index contributed by atoms with van der Waals surface area (Å²) in [5.74, 6) is 0.571. The molecule has 1 unspecified atom stereocenters. The van der Waals surface area contributed by atoms with Gasteiger partial charge >= 0.3 is 5.82 Å². The first-order valence-electron chi connectivity index (χ1n) is 5.85. The zero-order chi connectivity index (χ0) is 13.5. The summed E-state index contributed by atoms with van der Waals surface area (Å²) in [5.41, 5.74) is 0.613. The first-order valence-corrected chi connectivity index (χ1v) is 6.97. The molecule has 0 bridgehead atoms. The Morgan fingerprint density at radius 1 is 1.50 bits per heavy atom. The van der Waals surface area contributed by atoms with Crippen LogP contribution < -0.4 is 4.74 Å². The molecule has 5 nitrogen and oxygen atoms in total. The number of aromatic nitrogens is 1. The molecule has 6 heteroatoms. The summed E-state index contributed by atoms with van der Waals surface area (Å²) in [6, 6.07) is 3.32. The molecule has 0 aliphatic rings. The lowest BCUT2D eigenvalue weighted by Gasteiger charge is -2.10. The highest BCUT2D eigenvalue weighted by molar-refractivity contribution is 9.09. The summed E-state index contributed by atoms with van der Waals surface area (Å²) in [6.07, 6.45) is 1.94. The molecule has 1 aromatic rings. The molecule has 1 rings (SSSR count). The van der Waals surface area contributed by atoms with Crippen molar-refractivity contribution in [3.8, 4) is 5.75 Å². The number of hydrogen-bond donors (Lipinski definition) is 0. The third-order valence-corrected chi connectivity index (χ3v) is 3.08. The molecular weight excluding hydrogens is 300 g/mol. The summed E-state index contributed by atoms with van der Waals surface area (Å²) >= 11 is 3.39. The van der Waals surface area contributed by atoms with Gasteiger partial charge in [-0.25, -0.2) is 0 Å². The summed E-state index contributed by atoms with van der Waals surface area (Å²) < 4.78 is 5.45. The number of nitro groups is 1. The maximum absolute atomic E-state index is 10.8. The van der Waals surface area contributed by atoms with Gasteiger partial charge < -0.3 is 14.9 Å². The first-order chi connectivity index (χ1) is 8.54. The topological polar surface area (TPSA) is 65.3 Å². The zero-order valence-corrected chi connectivity index (χ0v) is 12.1. The van der Waals surface area contributed by atoms with Crippen molar-refractivity contribution < 1.29 is 9.66 Å². The largest absolute Gasteiger partial charge is 0.486 e. The van der Waals surface area contributed by atoms with E-state index < -0.39 is 4.92 Å². The van der Waals surface area contributed by atoms with Gasteiger partial charge in [-0.1, -0.05) is 22.9 Å². The molecular formula is C12H17BrN2O3. The van der Waals surface area contributed by atoms with Crippen molar-refractivity contribution in [2.45, 2.75) is 26.7 Å². The van der Waals surface area contributed by atoms with E-state index in [0.717, 1.165) is 18.2 Å². The molecule has 0 aromatic carbocycles. The smallest absolute Gasteiger partial charge is 0.406 e. The van der Waals surface area contributed by atoms with Crippen LogP contribution in [0.25, 0.3) is 0 Å². The first kappa shape index (κ1) is 14.9. The van der Waals surface area contributed by atoms with Gasteiger partial charge in [0.1, 0.15) is 5.69 Å². The van der Waals surface area contributed by atoms with Gasteiger partial charge in [-0.2, -0.15) is 0 Å². The number of halogens is 1. The lowest BCUT2D eigenvalue weighted by Crippen LogP contribution is -2.07. The van der Waals surface area contributed by atoms with E-state index in [1.165, 1.54) is 0 Å². The van der Waals surface area contributed by atoms with Gasteiger partial charge in [0.25, 0.3) is 0 Å². The number of hydrogen-bond acceptors (Lipinski definition) is 4. The van der Waals surface area contributed by atoms with E-state index in [4.69, 9.17) is 4.74 Å². The maximum Gasteiger partial charge on any atom is 0.406 e. The van der Waals surface area contributed by atoms with Crippen LogP contribution in [-0.4, -0.2) is 21.8 Å². The molecule has 0 radical (unpaired) electrons. The fourth-order valence-corrected chi connectivity index (χ4v) is 2.26. The van der Waals surface area contributed by atoms with Gasteiger partial charge in [0, 0.05) is 12.3 Å². The van der Waals surface area contributed by atoms with Gasteiger partial charge in [0.05, 0.1) is 6.61 Å². The number of ether oxygens (including phenoxy) is 1. The Bertz CT molecular complexity index is 412. The van der Waals surface area contributed by atoms with Crippen molar-refractivity contribution in [3.63, 3.8) is 0 Å². The molecule has 100 valence electrons. The number of alkyl halides is 1. The fourth-order valence-electron chi connectivity index (χ4n) is 1.47.